The average molecular weight is 441 g/mol. The zero-order chi connectivity index (χ0) is 23.8. The first-order valence-electron chi connectivity index (χ1n) is 10.1. The predicted molar refractivity (Wildman–Crippen MR) is 119 cm³/mol. The first-order valence-corrected chi connectivity index (χ1v) is 10.1. The molecule has 3 rings (SSSR count). The lowest BCUT2D eigenvalue weighted by molar-refractivity contribution is -0.143. The molecule has 0 bridgehead atoms. The molecule has 1 aliphatic heterocycles. The number of hydrogen-bond acceptors (Lipinski definition) is 5. The van der Waals surface area contributed by atoms with Crippen molar-refractivity contribution in [2.45, 2.75) is 40.1 Å². The summed E-state index contributed by atoms with van der Waals surface area (Å²) in [6, 6.07) is 12.8. The third kappa shape index (κ3) is 6.14. The van der Waals surface area contributed by atoms with Gasteiger partial charge in [-0.15, -0.1) is 0 Å². The molecule has 9 nitrogen and oxygen atoms in total. The lowest BCUT2D eigenvalue weighted by Gasteiger charge is -2.26. The van der Waals surface area contributed by atoms with Gasteiger partial charge in [-0.3, -0.25) is 19.8 Å². The summed E-state index contributed by atoms with van der Waals surface area (Å²) in [5, 5.41) is 17.7. The summed E-state index contributed by atoms with van der Waals surface area (Å²) in [6.45, 7) is 5.71. The van der Waals surface area contributed by atoms with Crippen LogP contribution in [0, 0.1) is 12.3 Å². The van der Waals surface area contributed by atoms with Crippen LogP contribution in [-0.2, 0) is 27.4 Å². The number of carbonyl (C=O) groups excluding carboxylic acids is 2. The number of amidine groups is 1. The van der Waals surface area contributed by atoms with Gasteiger partial charge in [-0.1, -0.05) is 42.5 Å². The second-order valence-corrected chi connectivity index (χ2v) is 7.20. The number of hydrogen-bond donors (Lipinski definition) is 4. The fourth-order valence-electron chi connectivity index (χ4n) is 3.30. The van der Waals surface area contributed by atoms with Crippen LogP contribution < -0.4 is 11.1 Å². The molecule has 1 unspecified atom stereocenters. The minimum Gasteiger partial charge on any atom is -0.481 e. The largest absolute Gasteiger partial charge is 0.481 e. The summed E-state index contributed by atoms with van der Waals surface area (Å²) in [5.41, 5.74) is 9.39. The number of carbonyl (C=O) groups is 3. The molecular weight excluding hydrogens is 412 g/mol. The molecule has 0 aliphatic carbocycles. The maximum atomic E-state index is 12.8. The Morgan fingerprint density at radius 1 is 1.25 bits per heavy atom. The molecule has 0 saturated heterocycles. The molecule has 9 heteroatoms. The van der Waals surface area contributed by atoms with E-state index in [1.807, 2.05) is 25.1 Å². The van der Waals surface area contributed by atoms with Gasteiger partial charge in [-0.05, 0) is 30.5 Å². The molecule has 0 aromatic heterocycles. The molecule has 1 heterocycles. The maximum Gasteiger partial charge on any atom is 0.300 e. The third-order valence-electron chi connectivity index (χ3n) is 4.74. The first kappa shape index (κ1) is 24.5. The molecule has 0 spiro atoms. The van der Waals surface area contributed by atoms with E-state index in [0.29, 0.717) is 24.3 Å². The lowest BCUT2D eigenvalue weighted by atomic mass is 10.0. The Balaban J connectivity index is 0.000000837. The summed E-state index contributed by atoms with van der Waals surface area (Å²) >= 11 is 0. The molecule has 1 aliphatic rings. The molecule has 1 atom stereocenters. The Bertz CT molecular complexity index is 1000. The Morgan fingerprint density at radius 3 is 2.41 bits per heavy atom. The van der Waals surface area contributed by atoms with Gasteiger partial charge in [0.2, 0.25) is 6.23 Å². The number of nitrogens with zero attached hydrogens (tertiary/aromatic N) is 1. The van der Waals surface area contributed by atoms with Crippen LogP contribution in [0.4, 0.5) is 0 Å². The first-order chi connectivity index (χ1) is 15.1. The van der Waals surface area contributed by atoms with E-state index in [2.05, 4.69) is 5.32 Å². The number of carboxylic acid groups (broad SMARTS) is 1. The smallest absolute Gasteiger partial charge is 0.300 e. The van der Waals surface area contributed by atoms with E-state index in [0.717, 1.165) is 23.6 Å². The average Bonchev–Trinajstić information content (AvgIpc) is 3.07. The third-order valence-corrected chi connectivity index (χ3v) is 4.74. The van der Waals surface area contributed by atoms with Crippen LogP contribution in [0.25, 0.3) is 0 Å². The van der Waals surface area contributed by atoms with Crippen LogP contribution in [0.5, 0.6) is 0 Å². The summed E-state index contributed by atoms with van der Waals surface area (Å²) in [5.74, 6) is -1.39. The van der Waals surface area contributed by atoms with Gasteiger partial charge in [0.15, 0.2) is 0 Å². The number of carboxylic acids is 1. The van der Waals surface area contributed by atoms with Crippen molar-refractivity contribution in [2.75, 3.05) is 6.61 Å². The molecule has 2 amide bonds. The van der Waals surface area contributed by atoms with Crippen molar-refractivity contribution >= 4 is 23.6 Å². The molecule has 0 saturated carbocycles. The number of rotatable bonds is 7. The van der Waals surface area contributed by atoms with Crippen LogP contribution in [0.1, 0.15) is 46.5 Å². The zero-order valence-corrected chi connectivity index (χ0v) is 18.3. The minimum atomic E-state index is -0.985. The van der Waals surface area contributed by atoms with E-state index in [-0.39, 0.29) is 24.2 Å². The van der Waals surface area contributed by atoms with Gasteiger partial charge < -0.3 is 25.8 Å². The van der Waals surface area contributed by atoms with Gasteiger partial charge in [-0.25, -0.2) is 0 Å². The van der Waals surface area contributed by atoms with E-state index in [4.69, 9.17) is 25.8 Å². The molecule has 5 N–H and O–H groups in total. The standard InChI is InChI=1S/C21H24N4O3.C2H4O2/c1-3-28-21(25-12-16-6-4-5-13(2)17(16)20(25)27)19(26)24-11-14-7-9-15(10-8-14)18(22)23;1-2(3)4/h4-10,21H,3,11-12H2,1-2H3,(H3,22,23)(H,24,26);1H3,(H,3,4). The summed E-state index contributed by atoms with van der Waals surface area (Å²) in [4.78, 5) is 36.1. The normalized spacial score (nSPS) is 13.0. The summed E-state index contributed by atoms with van der Waals surface area (Å²) < 4.78 is 5.62. The van der Waals surface area contributed by atoms with E-state index >= 15 is 0 Å². The molecule has 0 radical (unpaired) electrons. The highest BCUT2D eigenvalue weighted by atomic mass is 16.5. The molecule has 2 aromatic rings. The number of benzene rings is 2. The highest BCUT2D eigenvalue weighted by molar-refractivity contribution is 6.02. The SMILES string of the molecule is CC(=O)O.CCOC(C(=O)NCc1ccc(C(=N)N)cc1)N1Cc2cccc(C)c2C1=O. The number of nitrogen functional groups attached to an aromatic ring is 1. The Morgan fingerprint density at radius 2 is 1.88 bits per heavy atom. The monoisotopic (exact) mass is 440 g/mol. The van der Waals surface area contributed by atoms with Crippen LogP contribution in [-0.4, -0.2) is 46.5 Å². The van der Waals surface area contributed by atoms with Crippen LogP contribution >= 0.6 is 0 Å². The fourth-order valence-corrected chi connectivity index (χ4v) is 3.30. The number of ether oxygens (including phenoxy) is 1. The molecule has 170 valence electrons. The van der Waals surface area contributed by atoms with Crippen molar-refractivity contribution in [3.8, 4) is 0 Å². The predicted octanol–water partition coefficient (Wildman–Crippen LogP) is 2.00. The highest BCUT2D eigenvalue weighted by Crippen LogP contribution is 2.27. The number of nitrogens with one attached hydrogen (secondary N) is 2. The number of amides is 2. The van der Waals surface area contributed by atoms with Crippen LogP contribution in [0.3, 0.4) is 0 Å². The zero-order valence-electron chi connectivity index (χ0n) is 18.3. The Kier molecular flexibility index (Phi) is 8.48. The Hall–Kier alpha value is -3.72. The van der Waals surface area contributed by atoms with Crippen molar-refractivity contribution in [1.82, 2.24) is 10.2 Å². The maximum absolute atomic E-state index is 12.8. The molecule has 2 aromatic carbocycles. The van der Waals surface area contributed by atoms with Crippen molar-refractivity contribution in [3.05, 3.63) is 70.3 Å². The van der Waals surface area contributed by atoms with Gasteiger partial charge >= 0.3 is 0 Å². The fraction of sp³-hybridized carbons (Fsp3) is 0.304. The van der Waals surface area contributed by atoms with Crippen molar-refractivity contribution < 1.29 is 24.2 Å². The molecule has 0 fully saturated rings. The van der Waals surface area contributed by atoms with Gasteiger partial charge in [0, 0.05) is 37.7 Å². The van der Waals surface area contributed by atoms with Crippen LogP contribution in [0.2, 0.25) is 0 Å². The highest BCUT2D eigenvalue weighted by Gasteiger charge is 2.37. The number of aliphatic carboxylic acids is 1. The van der Waals surface area contributed by atoms with Crippen molar-refractivity contribution in [3.63, 3.8) is 0 Å². The Labute approximate surface area is 186 Å². The van der Waals surface area contributed by atoms with E-state index < -0.39 is 12.2 Å². The second kappa shape index (κ2) is 11.1. The van der Waals surface area contributed by atoms with Gasteiger partial charge in [-0.2, -0.15) is 0 Å². The number of fused-ring (bicyclic) bond motifs is 1. The van der Waals surface area contributed by atoms with E-state index in [9.17, 15) is 9.59 Å². The van der Waals surface area contributed by atoms with Gasteiger partial charge in [0.05, 0.1) is 0 Å². The van der Waals surface area contributed by atoms with Crippen LogP contribution in [0.15, 0.2) is 42.5 Å². The van der Waals surface area contributed by atoms with Crippen molar-refractivity contribution in [2.24, 2.45) is 5.73 Å². The van der Waals surface area contributed by atoms with E-state index in [1.165, 1.54) is 4.90 Å². The second-order valence-electron chi connectivity index (χ2n) is 7.20. The number of nitrogens with two attached hydrogens (primary N) is 1. The topological polar surface area (TPSA) is 146 Å². The number of aryl methyl sites for hydroxylation is 1. The summed E-state index contributed by atoms with van der Waals surface area (Å²) in [7, 11) is 0. The van der Waals surface area contributed by atoms with Gasteiger partial charge in [0.1, 0.15) is 5.84 Å². The van der Waals surface area contributed by atoms with Crippen molar-refractivity contribution in [1.29, 1.82) is 5.41 Å². The minimum absolute atomic E-state index is 0.00518. The quantitative estimate of drug-likeness (QED) is 0.383. The lowest BCUT2D eigenvalue weighted by Crippen LogP contribution is -2.48. The van der Waals surface area contributed by atoms with E-state index in [1.54, 1.807) is 31.2 Å². The molecule has 32 heavy (non-hydrogen) atoms. The molecular formula is C23H28N4O5. The van der Waals surface area contributed by atoms with Gasteiger partial charge in [0.25, 0.3) is 17.8 Å². The summed E-state index contributed by atoms with van der Waals surface area (Å²) in [6.07, 6.45) is -0.985.